The number of nitrogens with two attached hydrogens (primary N) is 1. The second-order valence-corrected chi connectivity index (χ2v) is 8.13. The number of hydrogen-bond acceptors (Lipinski definition) is 7. The van der Waals surface area contributed by atoms with Crippen LogP contribution in [0, 0.1) is 11.5 Å². The maximum atomic E-state index is 11.9. The topological polar surface area (TPSA) is 150 Å². The molecule has 1 aromatic carbocycles. The molecule has 0 aliphatic heterocycles. The molecule has 10 nitrogen and oxygen atoms in total. The van der Waals surface area contributed by atoms with Crippen molar-refractivity contribution < 1.29 is 9.53 Å². The summed E-state index contributed by atoms with van der Waals surface area (Å²) in [4.78, 5) is 25.0. The standard InChI is InChI=1S/C21H26N8O2/c1-21(2,3)31-20(30)28-15-8-6-14(7-9-15)27-19(26-12-22)25-11-17-18(23)24-10-16(29-17)13-4-5-13/h6-10,13H,4-5,11H2,1-3H3,(H2,23,24)(H,28,30)(H2,25,26,27). The molecule has 2 aromatic rings. The van der Waals surface area contributed by atoms with Gasteiger partial charge in [0.05, 0.1) is 18.4 Å². The lowest BCUT2D eigenvalue weighted by Crippen LogP contribution is -2.27. The van der Waals surface area contributed by atoms with Crippen LogP contribution in [0.15, 0.2) is 35.5 Å². The van der Waals surface area contributed by atoms with Crippen LogP contribution in [0.4, 0.5) is 22.0 Å². The lowest BCUT2D eigenvalue weighted by Gasteiger charge is -2.19. The van der Waals surface area contributed by atoms with Gasteiger partial charge in [-0.1, -0.05) is 0 Å². The van der Waals surface area contributed by atoms with Gasteiger partial charge in [-0.25, -0.2) is 14.8 Å². The zero-order valence-electron chi connectivity index (χ0n) is 17.8. The Hall–Kier alpha value is -3.87. The van der Waals surface area contributed by atoms with E-state index in [0.29, 0.717) is 28.8 Å². The summed E-state index contributed by atoms with van der Waals surface area (Å²) in [7, 11) is 0. The summed E-state index contributed by atoms with van der Waals surface area (Å²) in [5.74, 6) is 1.02. The summed E-state index contributed by atoms with van der Waals surface area (Å²) in [5, 5.41) is 17.2. The van der Waals surface area contributed by atoms with Gasteiger partial charge in [0.25, 0.3) is 0 Å². The molecular weight excluding hydrogens is 396 g/mol. The van der Waals surface area contributed by atoms with Gasteiger partial charge in [-0.15, -0.1) is 0 Å². The number of aromatic nitrogens is 2. The molecule has 0 saturated heterocycles. The van der Waals surface area contributed by atoms with Crippen LogP contribution >= 0.6 is 0 Å². The minimum absolute atomic E-state index is 0.175. The lowest BCUT2D eigenvalue weighted by molar-refractivity contribution is 0.0636. The number of ether oxygens (including phenoxy) is 1. The Balaban J connectivity index is 1.64. The van der Waals surface area contributed by atoms with Gasteiger partial charge in [0.1, 0.15) is 17.1 Å². The highest BCUT2D eigenvalue weighted by atomic mass is 16.6. The Labute approximate surface area is 180 Å². The smallest absolute Gasteiger partial charge is 0.412 e. The molecule has 5 N–H and O–H groups in total. The van der Waals surface area contributed by atoms with Crippen LogP contribution in [0.5, 0.6) is 0 Å². The van der Waals surface area contributed by atoms with E-state index in [1.54, 1.807) is 51.2 Å². The first kappa shape index (κ1) is 21.8. The normalized spacial score (nSPS) is 13.8. The largest absolute Gasteiger partial charge is 0.444 e. The number of amides is 1. The van der Waals surface area contributed by atoms with E-state index in [1.165, 1.54) is 0 Å². The fourth-order valence-electron chi connectivity index (χ4n) is 2.66. The van der Waals surface area contributed by atoms with Crippen molar-refractivity contribution in [2.24, 2.45) is 4.99 Å². The fourth-order valence-corrected chi connectivity index (χ4v) is 2.66. The minimum atomic E-state index is -0.578. The summed E-state index contributed by atoms with van der Waals surface area (Å²) in [5.41, 5.74) is 8.09. The van der Waals surface area contributed by atoms with Gasteiger partial charge in [0, 0.05) is 17.3 Å². The molecule has 1 amide bonds. The molecular formula is C21H26N8O2. The highest BCUT2D eigenvalue weighted by Crippen LogP contribution is 2.38. The summed E-state index contributed by atoms with van der Waals surface area (Å²) < 4.78 is 5.23. The van der Waals surface area contributed by atoms with Crippen LogP contribution in [0.1, 0.15) is 50.9 Å². The van der Waals surface area contributed by atoms with Crippen molar-refractivity contribution in [3.05, 3.63) is 41.9 Å². The quantitative estimate of drug-likeness (QED) is 0.248. The van der Waals surface area contributed by atoms with Crippen LogP contribution in [-0.2, 0) is 11.3 Å². The number of anilines is 3. The van der Waals surface area contributed by atoms with Crippen molar-refractivity contribution >= 4 is 29.2 Å². The number of nitrogen functional groups attached to an aromatic ring is 1. The Kier molecular flexibility index (Phi) is 6.55. The Bertz CT molecular complexity index is 1000. The lowest BCUT2D eigenvalue weighted by atomic mass is 10.2. The number of carbonyl (C=O) groups is 1. The van der Waals surface area contributed by atoms with E-state index in [9.17, 15) is 4.79 Å². The van der Waals surface area contributed by atoms with Gasteiger partial charge in [0.2, 0.25) is 5.96 Å². The third kappa shape index (κ3) is 6.85. The van der Waals surface area contributed by atoms with Gasteiger partial charge in [-0.05, 0) is 57.9 Å². The summed E-state index contributed by atoms with van der Waals surface area (Å²) in [6.45, 7) is 5.56. The van der Waals surface area contributed by atoms with Crippen molar-refractivity contribution in [2.45, 2.75) is 51.7 Å². The average molecular weight is 422 g/mol. The molecule has 1 aliphatic rings. The molecule has 162 valence electrons. The van der Waals surface area contributed by atoms with Gasteiger partial charge in [-0.3, -0.25) is 15.6 Å². The zero-order chi connectivity index (χ0) is 22.4. The maximum absolute atomic E-state index is 11.9. The van der Waals surface area contributed by atoms with Crippen molar-refractivity contribution in [1.82, 2.24) is 15.3 Å². The predicted octanol–water partition coefficient (Wildman–Crippen LogP) is 3.32. The zero-order valence-corrected chi connectivity index (χ0v) is 17.8. The Morgan fingerprint density at radius 2 is 1.90 bits per heavy atom. The average Bonchev–Trinajstić information content (AvgIpc) is 3.52. The Morgan fingerprint density at radius 1 is 1.26 bits per heavy atom. The molecule has 1 aromatic heterocycles. The van der Waals surface area contributed by atoms with E-state index in [4.69, 9.17) is 15.7 Å². The molecule has 0 bridgehead atoms. The number of rotatable bonds is 5. The van der Waals surface area contributed by atoms with Crippen LogP contribution < -0.4 is 21.7 Å². The Morgan fingerprint density at radius 3 is 2.48 bits per heavy atom. The van der Waals surface area contributed by atoms with E-state index < -0.39 is 11.7 Å². The van der Waals surface area contributed by atoms with E-state index in [2.05, 4.69) is 30.9 Å². The second-order valence-electron chi connectivity index (χ2n) is 8.13. The van der Waals surface area contributed by atoms with Crippen molar-refractivity contribution in [3.63, 3.8) is 0 Å². The van der Waals surface area contributed by atoms with Gasteiger partial charge in [0.15, 0.2) is 6.19 Å². The second kappa shape index (κ2) is 9.30. The minimum Gasteiger partial charge on any atom is -0.444 e. The number of benzene rings is 1. The van der Waals surface area contributed by atoms with E-state index in [0.717, 1.165) is 18.5 Å². The molecule has 3 rings (SSSR count). The first-order chi connectivity index (χ1) is 14.7. The summed E-state index contributed by atoms with van der Waals surface area (Å²) in [6, 6.07) is 6.89. The fraction of sp³-hybridized carbons (Fsp3) is 0.381. The molecule has 0 atom stereocenters. The number of nitriles is 1. The SMILES string of the molecule is CC(C)(C)OC(=O)Nc1ccc(NC(=NCc2nc(C3CC3)cnc2N)NC#N)cc1. The number of guanidine groups is 1. The van der Waals surface area contributed by atoms with Crippen LogP contribution in [0.2, 0.25) is 0 Å². The van der Waals surface area contributed by atoms with E-state index >= 15 is 0 Å². The van der Waals surface area contributed by atoms with Gasteiger partial charge >= 0.3 is 6.09 Å². The number of nitrogens with one attached hydrogen (secondary N) is 3. The molecule has 31 heavy (non-hydrogen) atoms. The number of hydrogen-bond donors (Lipinski definition) is 4. The van der Waals surface area contributed by atoms with Crippen molar-refractivity contribution in [2.75, 3.05) is 16.4 Å². The number of aliphatic imine (C=N–C) groups is 1. The monoisotopic (exact) mass is 422 g/mol. The maximum Gasteiger partial charge on any atom is 0.412 e. The summed E-state index contributed by atoms with van der Waals surface area (Å²) >= 11 is 0. The number of nitrogens with zero attached hydrogens (tertiary/aromatic N) is 4. The van der Waals surface area contributed by atoms with Gasteiger partial charge in [-0.2, -0.15) is 5.26 Å². The molecule has 1 saturated carbocycles. The van der Waals surface area contributed by atoms with E-state index in [1.807, 2.05) is 6.19 Å². The summed E-state index contributed by atoms with van der Waals surface area (Å²) in [6.07, 6.45) is 5.26. The third-order valence-corrected chi connectivity index (χ3v) is 4.25. The molecule has 10 heteroatoms. The molecule has 1 heterocycles. The third-order valence-electron chi connectivity index (χ3n) is 4.25. The molecule has 1 fully saturated rings. The highest BCUT2D eigenvalue weighted by molar-refractivity contribution is 5.95. The first-order valence-corrected chi connectivity index (χ1v) is 9.91. The van der Waals surface area contributed by atoms with Crippen molar-refractivity contribution in [1.29, 1.82) is 5.26 Å². The predicted molar refractivity (Wildman–Crippen MR) is 118 cm³/mol. The van der Waals surface area contributed by atoms with Gasteiger partial charge < -0.3 is 15.8 Å². The van der Waals surface area contributed by atoms with Crippen LogP contribution in [0.3, 0.4) is 0 Å². The molecule has 0 spiro atoms. The first-order valence-electron chi connectivity index (χ1n) is 9.91. The van der Waals surface area contributed by atoms with Crippen molar-refractivity contribution in [3.8, 4) is 6.19 Å². The highest BCUT2D eigenvalue weighted by Gasteiger charge is 2.26. The number of carbonyl (C=O) groups excluding carboxylic acids is 1. The molecule has 1 aliphatic carbocycles. The van der Waals surface area contributed by atoms with E-state index in [-0.39, 0.29) is 12.5 Å². The van der Waals surface area contributed by atoms with Crippen LogP contribution in [-0.4, -0.2) is 27.6 Å². The molecule has 0 unspecified atom stereocenters. The van der Waals surface area contributed by atoms with Crippen LogP contribution in [0.25, 0.3) is 0 Å². The molecule has 0 radical (unpaired) electrons.